The van der Waals surface area contributed by atoms with Crippen LogP contribution < -0.4 is 4.72 Å². The second-order valence-electron chi connectivity index (χ2n) is 5.97. The maximum absolute atomic E-state index is 13.2. The summed E-state index contributed by atoms with van der Waals surface area (Å²) in [5.41, 5.74) is -0.592. The highest BCUT2D eigenvalue weighted by molar-refractivity contribution is 7.89. The molecular formula is C17H17ClFNO3S. The average Bonchev–Trinajstić information content (AvgIpc) is 3.41. The maximum atomic E-state index is 13.2. The SMILES string of the molecule is O=S(=O)(NCC(O)(c1ccccc1)C1CC1)c1ccc(F)c(Cl)c1. The Morgan fingerprint density at radius 2 is 1.88 bits per heavy atom. The molecule has 0 radical (unpaired) electrons. The molecule has 1 fully saturated rings. The molecule has 4 nitrogen and oxygen atoms in total. The molecule has 2 aromatic rings. The zero-order valence-electron chi connectivity index (χ0n) is 12.7. The zero-order chi connectivity index (χ0) is 17.4. The van der Waals surface area contributed by atoms with E-state index < -0.39 is 21.4 Å². The van der Waals surface area contributed by atoms with Gasteiger partial charge in [-0.15, -0.1) is 0 Å². The van der Waals surface area contributed by atoms with Gasteiger partial charge in [-0.25, -0.2) is 17.5 Å². The molecule has 24 heavy (non-hydrogen) atoms. The Morgan fingerprint density at radius 3 is 2.46 bits per heavy atom. The number of rotatable bonds is 6. The Balaban J connectivity index is 1.83. The van der Waals surface area contributed by atoms with Crippen molar-refractivity contribution in [1.29, 1.82) is 0 Å². The molecule has 3 rings (SSSR count). The van der Waals surface area contributed by atoms with Gasteiger partial charge >= 0.3 is 0 Å². The van der Waals surface area contributed by atoms with Gasteiger partial charge in [0.05, 0.1) is 9.92 Å². The van der Waals surface area contributed by atoms with Crippen LogP contribution in [0.2, 0.25) is 5.02 Å². The molecule has 0 bridgehead atoms. The molecule has 1 aliphatic carbocycles. The molecule has 0 heterocycles. The molecule has 0 saturated heterocycles. The molecule has 128 valence electrons. The predicted octanol–water partition coefficient (Wildman–Crippen LogP) is 3.06. The second-order valence-corrected chi connectivity index (χ2v) is 8.14. The van der Waals surface area contributed by atoms with E-state index >= 15 is 0 Å². The molecule has 1 atom stereocenters. The summed E-state index contributed by atoms with van der Waals surface area (Å²) in [6.07, 6.45) is 1.69. The number of aliphatic hydroxyl groups is 1. The molecule has 1 unspecified atom stereocenters. The lowest BCUT2D eigenvalue weighted by molar-refractivity contribution is 0.0185. The third-order valence-electron chi connectivity index (χ3n) is 4.26. The van der Waals surface area contributed by atoms with Crippen LogP contribution in [0.25, 0.3) is 0 Å². The number of sulfonamides is 1. The van der Waals surface area contributed by atoms with Crippen LogP contribution >= 0.6 is 11.6 Å². The number of hydrogen-bond acceptors (Lipinski definition) is 3. The molecule has 0 aromatic heterocycles. The number of hydrogen-bond donors (Lipinski definition) is 2. The van der Waals surface area contributed by atoms with Gasteiger partial charge < -0.3 is 5.11 Å². The van der Waals surface area contributed by atoms with Gasteiger partial charge in [0.2, 0.25) is 10.0 Å². The van der Waals surface area contributed by atoms with E-state index in [4.69, 9.17) is 11.6 Å². The maximum Gasteiger partial charge on any atom is 0.240 e. The fourth-order valence-corrected chi connectivity index (χ4v) is 4.04. The lowest BCUT2D eigenvalue weighted by Gasteiger charge is -2.29. The Morgan fingerprint density at radius 1 is 1.21 bits per heavy atom. The van der Waals surface area contributed by atoms with Crippen LogP contribution in [0.1, 0.15) is 18.4 Å². The highest BCUT2D eigenvalue weighted by atomic mass is 35.5. The van der Waals surface area contributed by atoms with Gasteiger partial charge in [0.25, 0.3) is 0 Å². The lowest BCUT2D eigenvalue weighted by atomic mass is 9.89. The van der Waals surface area contributed by atoms with Crippen molar-refractivity contribution >= 4 is 21.6 Å². The molecular weight excluding hydrogens is 353 g/mol. The molecule has 2 aromatic carbocycles. The van der Waals surface area contributed by atoms with Crippen molar-refractivity contribution in [1.82, 2.24) is 4.72 Å². The highest BCUT2D eigenvalue weighted by Crippen LogP contribution is 2.45. The van der Waals surface area contributed by atoms with Crippen LogP contribution in [-0.2, 0) is 15.6 Å². The van der Waals surface area contributed by atoms with Crippen LogP contribution in [0.4, 0.5) is 4.39 Å². The number of halogens is 2. The van der Waals surface area contributed by atoms with E-state index in [2.05, 4.69) is 4.72 Å². The van der Waals surface area contributed by atoms with Gasteiger partial charge in [0.1, 0.15) is 11.4 Å². The lowest BCUT2D eigenvalue weighted by Crippen LogP contribution is -2.42. The first-order valence-corrected chi connectivity index (χ1v) is 9.42. The summed E-state index contributed by atoms with van der Waals surface area (Å²) in [6, 6.07) is 12.2. The van der Waals surface area contributed by atoms with Crippen LogP contribution in [0.5, 0.6) is 0 Å². The third-order valence-corrected chi connectivity index (χ3v) is 5.95. The van der Waals surface area contributed by atoms with Gasteiger partial charge in [0.15, 0.2) is 0 Å². The van der Waals surface area contributed by atoms with Crippen LogP contribution in [0, 0.1) is 11.7 Å². The Labute approximate surface area is 145 Å². The Bertz CT molecular complexity index is 840. The summed E-state index contributed by atoms with van der Waals surface area (Å²) < 4.78 is 40.5. The molecule has 1 aliphatic rings. The second kappa shape index (κ2) is 6.44. The summed E-state index contributed by atoms with van der Waals surface area (Å²) >= 11 is 5.65. The van der Waals surface area contributed by atoms with E-state index in [0.717, 1.165) is 31.0 Å². The van der Waals surface area contributed by atoms with Crippen molar-refractivity contribution in [2.75, 3.05) is 6.54 Å². The minimum atomic E-state index is -3.91. The van der Waals surface area contributed by atoms with Crippen LogP contribution in [-0.4, -0.2) is 20.1 Å². The number of nitrogens with one attached hydrogen (secondary N) is 1. The summed E-state index contributed by atoms with van der Waals surface area (Å²) in [5, 5.41) is 10.8. The van der Waals surface area contributed by atoms with Gasteiger partial charge in [0, 0.05) is 6.54 Å². The largest absolute Gasteiger partial charge is 0.383 e. The zero-order valence-corrected chi connectivity index (χ0v) is 14.3. The molecule has 0 aliphatic heterocycles. The van der Waals surface area contributed by atoms with E-state index in [1.165, 1.54) is 0 Å². The molecule has 7 heteroatoms. The van der Waals surface area contributed by atoms with E-state index in [-0.39, 0.29) is 22.4 Å². The standard InChI is InChI=1S/C17H17ClFNO3S/c18-15-10-14(8-9-16(15)19)24(22,23)20-11-17(21,13-6-7-13)12-4-2-1-3-5-12/h1-5,8-10,13,20-21H,6-7,11H2. The quantitative estimate of drug-likeness (QED) is 0.822. The van der Waals surface area contributed by atoms with Crippen molar-refractivity contribution in [3.05, 3.63) is 64.9 Å². The predicted molar refractivity (Wildman–Crippen MR) is 89.7 cm³/mol. The van der Waals surface area contributed by atoms with E-state index in [9.17, 15) is 17.9 Å². The fourth-order valence-electron chi connectivity index (χ4n) is 2.70. The normalized spacial score (nSPS) is 17.5. The van der Waals surface area contributed by atoms with Crippen molar-refractivity contribution in [2.24, 2.45) is 5.92 Å². The molecule has 0 amide bonds. The summed E-state index contributed by atoms with van der Waals surface area (Å²) in [6.45, 7) is -0.154. The fraction of sp³-hybridized carbons (Fsp3) is 0.294. The topological polar surface area (TPSA) is 66.4 Å². The van der Waals surface area contributed by atoms with Crippen molar-refractivity contribution in [3.8, 4) is 0 Å². The molecule has 0 spiro atoms. The summed E-state index contributed by atoms with van der Waals surface area (Å²) in [7, 11) is -3.91. The van der Waals surface area contributed by atoms with E-state index in [1.54, 1.807) is 24.3 Å². The molecule has 1 saturated carbocycles. The van der Waals surface area contributed by atoms with Crippen LogP contribution in [0.3, 0.4) is 0 Å². The minimum absolute atomic E-state index is 0.0133. The first kappa shape index (κ1) is 17.4. The van der Waals surface area contributed by atoms with Gasteiger partial charge in [-0.3, -0.25) is 0 Å². The van der Waals surface area contributed by atoms with E-state index in [0.29, 0.717) is 5.56 Å². The van der Waals surface area contributed by atoms with Crippen LogP contribution in [0.15, 0.2) is 53.4 Å². The first-order valence-electron chi connectivity index (χ1n) is 7.55. The van der Waals surface area contributed by atoms with Crippen molar-refractivity contribution in [2.45, 2.75) is 23.3 Å². The molecule has 2 N–H and O–H groups in total. The smallest absolute Gasteiger partial charge is 0.240 e. The monoisotopic (exact) mass is 369 g/mol. The van der Waals surface area contributed by atoms with E-state index in [1.807, 2.05) is 6.07 Å². The highest BCUT2D eigenvalue weighted by Gasteiger charge is 2.45. The third kappa shape index (κ3) is 3.47. The summed E-state index contributed by atoms with van der Waals surface area (Å²) in [4.78, 5) is -0.139. The van der Waals surface area contributed by atoms with Gasteiger partial charge in [-0.05, 0) is 42.5 Å². The van der Waals surface area contributed by atoms with Crippen molar-refractivity contribution in [3.63, 3.8) is 0 Å². The average molecular weight is 370 g/mol. The number of benzene rings is 2. The van der Waals surface area contributed by atoms with Gasteiger partial charge in [-0.2, -0.15) is 0 Å². The Hall–Kier alpha value is -1.47. The first-order chi connectivity index (χ1) is 11.3. The van der Waals surface area contributed by atoms with Crippen molar-refractivity contribution < 1.29 is 17.9 Å². The van der Waals surface area contributed by atoms with Gasteiger partial charge in [-0.1, -0.05) is 41.9 Å². The summed E-state index contributed by atoms with van der Waals surface area (Å²) in [5.74, 6) is -0.672. The minimum Gasteiger partial charge on any atom is -0.383 e. The Kier molecular flexibility index (Phi) is 4.66.